The quantitative estimate of drug-likeness (QED) is 0.486. The Balaban J connectivity index is 2.35. The molecule has 1 aromatic rings. The fourth-order valence-corrected chi connectivity index (χ4v) is 6.57. The van der Waals surface area contributed by atoms with Crippen LogP contribution in [0.5, 0.6) is 0 Å². The van der Waals surface area contributed by atoms with Crippen LogP contribution in [0, 0.1) is 0 Å². The largest absolute Gasteiger partial charge is 0.458 e. The molecule has 3 atom stereocenters. The standard InChI is InChI=1S/C17H22O4Si/c1-12(18)20-15-10-11-16(21-13(2)19)17(15)22(3,4)14-8-6-5-7-9-14/h5-11,15-17H,1-4H3/t15-,16+,17?. The van der Waals surface area contributed by atoms with Crippen LogP contribution in [-0.2, 0) is 19.1 Å². The van der Waals surface area contributed by atoms with Gasteiger partial charge in [0.25, 0.3) is 0 Å². The average Bonchev–Trinajstić information content (AvgIpc) is 2.81. The van der Waals surface area contributed by atoms with Gasteiger partial charge in [-0.15, -0.1) is 0 Å². The van der Waals surface area contributed by atoms with E-state index in [-0.39, 0.29) is 29.7 Å². The lowest BCUT2D eigenvalue weighted by Crippen LogP contribution is -2.53. The second kappa shape index (κ2) is 6.48. The van der Waals surface area contributed by atoms with E-state index in [9.17, 15) is 9.59 Å². The number of esters is 2. The van der Waals surface area contributed by atoms with Crippen molar-refractivity contribution in [2.75, 3.05) is 0 Å². The smallest absolute Gasteiger partial charge is 0.303 e. The average molecular weight is 318 g/mol. The van der Waals surface area contributed by atoms with Crippen LogP contribution in [0.4, 0.5) is 0 Å². The molecule has 0 heterocycles. The van der Waals surface area contributed by atoms with E-state index in [1.165, 1.54) is 19.0 Å². The molecule has 5 heteroatoms. The van der Waals surface area contributed by atoms with Crippen LogP contribution in [0.3, 0.4) is 0 Å². The topological polar surface area (TPSA) is 52.6 Å². The van der Waals surface area contributed by atoms with Gasteiger partial charge < -0.3 is 9.47 Å². The van der Waals surface area contributed by atoms with Crippen LogP contribution < -0.4 is 5.19 Å². The van der Waals surface area contributed by atoms with Crippen molar-refractivity contribution in [3.8, 4) is 0 Å². The Kier molecular flexibility index (Phi) is 4.86. The summed E-state index contributed by atoms with van der Waals surface area (Å²) in [7, 11) is -2.02. The highest BCUT2D eigenvalue weighted by Gasteiger charge is 2.47. The molecule has 0 saturated heterocycles. The van der Waals surface area contributed by atoms with Crippen LogP contribution in [0.15, 0.2) is 42.5 Å². The normalized spacial score (nSPS) is 24.1. The Hall–Kier alpha value is -1.88. The fourth-order valence-electron chi connectivity index (χ4n) is 3.14. The van der Waals surface area contributed by atoms with Gasteiger partial charge in [0.2, 0.25) is 0 Å². The highest BCUT2D eigenvalue weighted by atomic mass is 28.3. The maximum Gasteiger partial charge on any atom is 0.303 e. The Morgan fingerprint density at radius 2 is 1.36 bits per heavy atom. The lowest BCUT2D eigenvalue weighted by molar-refractivity contribution is -0.147. The third-order valence-corrected chi connectivity index (χ3v) is 8.30. The lowest BCUT2D eigenvalue weighted by atomic mass is 10.2. The third kappa shape index (κ3) is 3.47. The first-order valence-corrected chi connectivity index (χ1v) is 10.5. The Labute approximate surface area is 132 Å². The van der Waals surface area contributed by atoms with Crippen molar-refractivity contribution >= 4 is 25.2 Å². The van der Waals surface area contributed by atoms with E-state index < -0.39 is 8.07 Å². The predicted octanol–water partition coefficient (Wildman–Crippen LogP) is 2.41. The molecule has 118 valence electrons. The minimum absolute atomic E-state index is 0.0253. The van der Waals surface area contributed by atoms with Gasteiger partial charge in [-0.1, -0.05) is 48.6 Å². The second-order valence-corrected chi connectivity index (χ2v) is 10.8. The summed E-state index contributed by atoms with van der Waals surface area (Å²) < 4.78 is 10.9. The zero-order chi connectivity index (χ0) is 16.3. The molecule has 2 rings (SSSR count). The molecule has 1 unspecified atom stereocenters. The molecule has 22 heavy (non-hydrogen) atoms. The van der Waals surface area contributed by atoms with Gasteiger partial charge in [0, 0.05) is 19.4 Å². The highest BCUT2D eigenvalue weighted by molar-refractivity contribution is 6.91. The van der Waals surface area contributed by atoms with Gasteiger partial charge in [0.05, 0.1) is 8.07 Å². The van der Waals surface area contributed by atoms with Gasteiger partial charge in [-0.3, -0.25) is 9.59 Å². The minimum Gasteiger partial charge on any atom is -0.458 e. The molecule has 1 aliphatic rings. The Bertz CT molecular complexity index is 554. The van der Waals surface area contributed by atoms with Gasteiger partial charge in [0.15, 0.2) is 0 Å². The highest BCUT2D eigenvalue weighted by Crippen LogP contribution is 2.38. The van der Waals surface area contributed by atoms with E-state index >= 15 is 0 Å². The van der Waals surface area contributed by atoms with Crippen molar-refractivity contribution in [3.63, 3.8) is 0 Å². The molecule has 1 aromatic carbocycles. The van der Waals surface area contributed by atoms with E-state index in [1.807, 2.05) is 30.4 Å². The molecule has 4 nitrogen and oxygen atoms in total. The van der Waals surface area contributed by atoms with Crippen molar-refractivity contribution in [1.82, 2.24) is 0 Å². The molecular formula is C17H22O4Si. The predicted molar refractivity (Wildman–Crippen MR) is 87.6 cm³/mol. The molecule has 0 saturated carbocycles. The first kappa shape index (κ1) is 16.5. The van der Waals surface area contributed by atoms with Crippen molar-refractivity contribution in [2.24, 2.45) is 0 Å². The summed E-state index contributed by atoms with van der Waals surface area (Å²) in [5.41, 5.74) is -0.0253. The third-order valence-electron chi connectivity index (χ3n) is 4.15. The number of carbonyl (C=O) groups excluding carboxylic acids is 2. The van der Waals surface area contributed by atoms with E-state index in [4.69, 9.17) is 9.47 Å². The number of benzene rings is 1. The summed E-state index contributed by atoms with van der Waals surface area (Å²) in [6, 6.07) is 10.2. The summed E-state index contributed by atoms with van der Waals surface area (Å²) in [5.74, 6) is -0.637. The molecular weight excluding hydrogens is 296 g/mol. The number of hydrogen-bond acceptors (Lipinski definition) is 4. The van der Waals surface area contributed by atoms with Crippen LogP contribution in [0.1, 0.15) is 13.8 Å². The van der Waals surface area contributed by atoms with Crippen LogP contribution >= 0.6 is 0 Å². The van der Waals surface area contributed by atoms with Gasteiger partial charge in [-0.25, -0.2) is 0 Å². The van der Waals surface area contributed by atoms with Crippen molar-refractivity contribution < 1.29 is 19.1 Å². The fraction of sp³-hybridized carbons (Fsp3) is 0.412. The van der Waals surface area contributed by atoms with Gasteiger partial charge in [0.1, 0.15) is 12.2 Å². The van der Waals surface area contributed by atoms with Crippen LogP contribution in [-0.4, -0.2) is 32.2 Å². The summed E-state index contributed by atoms with van der Waals surface area (Å²) in [4.78, 5) is 22.8. The van der Waals surface area contributed by atoms with E-state index in [0.717, 1.165) is 0 Å². The van der Waals surface area contributed by atoms with E-state index in [0.29, 0.717) is 0 Å². The molecule has 0 spiro atoms. The molecule has 0 radical (unpaired) electrons. The molecule has 0 aliphatic heterocycles. The van der Waals surface area contributed by atoms with Crippen molar-refractivity contribution in [1.29, 1.82) is 0 Å². The summed E-state index contributed by atoms with van der Waals surface area (Å²) in [5, 5.41) is 1.25. The molecule has 0 fully saturated rings. The van der Waals surface area contributed by atoms with Crippen LogP contribution in [0.2, 0.25) is 18.6 Å². The van der Waals surface area contributed by atoms with Crippen LogP contribution in [0.25, 0.3) is 0 Å². The maximum atomic E-state index is 11.4. The minimum atomic E-state index is -2.02. The van der Waals surface area contributed by atoms with Gasteiger partial charge in [-0.2, -0.15) is 0 Å². The second-order valence-electron chi connectivity index (χ2n) is 6.15. The number of rotatable bonds is 4. The number of ether oxygens (including phenoxy) is 2. The number of carbonyl (C=O) groups is 2. The zero-order valence-electron chi connectivity index (χ0n) is 13.4. The van der Waals surface area contributed by atoms with Gasteiger partial charge in [-0.05, 0) is 12.2 Å². The summed E-state index contributed by atoms with van der Waals surface area (Å²) in [6.45, 7) is 7.24. The monoisotopic (exact) mass is 318 g/mol. The molecule has 0 amide bonds. The summed E-state index contributed by atoms with van der Waals surface area (Å²) in [6.07, 6.45) is 3.00. The molecule has 0 bridgehead atoms. The Morgan fingerprint density at radius 1 is 0.909 bits per heavy atom. The van der Waals surface area contributed by atoms with E-state index in [1.54, 1.807) is 0 Å². The zero-order valence-corrected chi connectivity index (χ0v) is 14.4. The molecule has 0 N–H and O–H groups in total. The first-order chi connectivity index (χ1) is 10.3. The Morgan fingerprint density at radius 3 is 1.77 bits per heavy atom. The van der Waals surface area contributed by atoms with E-state index in [2.05, 4.69) is 25.2 Å². The summed E-state index contributed by atoms with van der Waals surface area (Å²) >= 11 is 0. The SMILES string of the molecule is CC(=O)O[C@H]1C=C[C@@H](OC(C)=O)C1[Si](C)(C)c1ccccc1. The maximum absolute atomic E-state index is 11.4. The molecule has 0 aromatic heterocycles. The molecule has 1 aliphatic carbocycles. The number of hydrogen-bond donors (Lipinski definition) is 0. The van der Waals surface area contributed by atoms with Crippen molar-refractivity contribution in [2.45, 2.75) is 44.7 Å². The lowest BCUT2D eigenvalue weighted by Gasteiger charge is -2.37. The first-order valence-electron chi connectivity index (χ1n) is 7.40. The van der Waals surface area contributed by atoms with Crippen molar-refractivity contribution in [3.05, 3.63) is 42.5 Å². The van der Waals surface area contributed by atoms with Gasteiger partial charge >= 0.3 is 11.9 Å².